The molecule has 0 saturated carbocycles. The molecule has 0 spiro atoms. The van der Waals surface area contributed by atoms with E-state index in [0.717, 1.165) is 77.0 Å². The van der Waals surface area contributed by atoms with Gasteiger partial charge in [-0.2, -0.15) is 0 Å². The second-order valence-electron chi connectivity index (χ2n) is 22.0. The van der Waals surface area contributed by atoms with Crippen LogP contribution in [0.4, 0.5) is 0 Å². The first kappa shape index (κ1) is 72.8. The first-order valence-electron chi connectivity index (χ1n) is 32.9. The van der Waals surface area contributed by atoms with Gasteiger partial charge in [0.05, 0.1) is 0 Å². The lowest BCUT2D eigenvalue weighted by Crippen LogP contribution is -2.30. The third-order valence-corrected chi connectivity index (χ3v) is 14.5. The van der Waals surface area contributed by atoms with Crippen LogP contribution in [-0.2, 0) is 28.6 Å². The number of rotatable bonds is 60. The zero-order valence-electron chi connectivity index (χ0n) is 50.5. The molecule has 0 aromatic rings. The number of ether oxygens (including phenoxy) is 3. The second kappa shape index (κ2) is 64.4. The van der Waals surface area contributed by atoms with Crippen molar-refractivity contribution in [1.82, 2.24) is 0 Å². The molecular weight excluding hydrogens is 937 g/mol. The van der Waals surface area contributed by atoms with Gasteiger partial charge in [0.15, 0.2) is 6.10 Å². The number of esters is 3. The molecule has 0 aliphatic rings. The minimum atomic E-state index is -0.808. The molecule has 0 aliphatic carbocycles. The molecule has 1 unspecified atom stereocenters. The van der Waals surface area contributed by atoms with Gasteiger partial charge in [0.25, 0.3) is 0 Å². The average Bonchev–Trinajstić information content (AvgIpc) is 3.42. The van der Waals surface area contributed by atoms with Crippen LogP contribution in [0.15, 0.2) is 72.9 Å². The molecule has 0 fully saturated rings. The normalized spacial score (nSPS) is 12.5. The molecular formula is C70H124O6. The van der Waals surface area contributed by atoms with Gasteiger partial charge < -0.3 is 14.2 Å². The summed E-state index contributed by atoms with van der Waals surface area (Å²) in [6, 6.07) is 0. The van der Waals surface area contributed by atoms with Crippen LogP contribution in [0, 0.1) is 0 Å². The average molecular weight is 1060 g/mol. The molecule has 0 rings (SSSR count). The van der Waals surface area contributed by atoms with Crippen molar-refractivity contribution < 1.29 is 28.6 Å². The molecule has 1 atom stereocenters. The van der Waals surface area contributed by atoms with Gasteiger partial charge in [-0.05, 0) is 77.0 Å². The number of unbranched alkanes of at least 4 members (excludes halogenated alkanes) is 37. The fraction of sp³-hybridized carbons (Fsp3) is 0.786. The van der Waals surface area contributed by atoms with Crippen LogP contribution in [0.3, 0.4) is 0 Å². The molecule has 0 aromatic heterocycles. The number of hydrogen-bond donors (Lipinski definition) is 0. The SMILES string of the molecule is CC/C=C\C/C=C\C/C=C\C/C=C\CCC(=O)OCC(COC(=O)CCCCCCCCCCCCCCCCCCCCCCCCCCCCC)OC(=O)CCCCCCCCC/C=C\C/C=C\CCCCCC. The van der Waals surface area contributed by atoms with Gasteiger partial charge in [-0.15, -0.1) is 0 Å². The Balaban J connectivity index is 4.27. The topological polar surface area (TPSA) is 78.9 Å². The number of hydrogen-bond acceptors (Lipinski definition) is 6. The molecule has 0 radical (unpaired) electrons. The van der Waals surface area contributed by atoms with E-state index >= 15 is 0 Å². The van der Waals surface area contributed by atoms with Gasteiger partial charge in [0, 0.05) is 19.3 Å². The molecule has 0 N–H and O–H groups in total. The Kier molecular flexibility index (Phi) is 61.7. The van der Waals surface area contributed by atoms with Crippen LogP contribution in [0.25, 0.3) is 0 Å². The third kappa shape index (κ3) is 61.7. The third-order valence-electron chi connectivity index (χ3n) is 14.5. The molecule has 0 heterocycles. The maximum Gasteiger partial charge on any atom is 0.306 e. The molecule has 6 nitrogen and oxygen atoms in total. The minimum absolute atomic E-state index is 0.0980. The molecule has 0 amide bonds. The van der Waals surface area contributed by atoms with E-state index in [-0.39, 0.29) is 37.5 Å². The van der Waals surface area contributed by atoms with E-state index in [1.54, 1.807) is 0 Å². The quantitative estimate of drug-likeness (QED) is 0.0261. The largest absolute Gasteiger partial charge is 0.462 e. The van der Waals surface area contributed by atoms with E-state index in [9.17, 15) is 14.4 Å². The van der Waals surface area contributed by atoms with Crippen LogP contribution in [0.1, 0.15) is 335 Å². The summed E-state index contributed by atoms with van der Waals surface area (Å²) in [6.07, 6.45) is 83.7. The van der Waals surface area contributed by atoms with E-state index in [4.69, 9.17) is 14.2 Å². The van der Waals surface area contributed by atoms with Gasteiger partial charge in [0.2, 0.25) is 0 Å². The lowest BCUT2D eigenvalue weighted by Gasteiger charge is -2.18. The molecule has 0 aromatic carbocycles. The van der Waals surface area contributed by atoms with Crippen molar-refractivity contribution in [2.24, 2.45) is 0 Å². The van der Waals surface area contributed by atoms with Crippen molar-refractivity contribution in [3.8, 4) is 0 Å². The Labute approximate surface area is 472 Å². The maximum atomic E-state index is 12.9. The van der Waals surface area contributed by atoms with Gasteiger partial charge in [-0.25, -0.2) is 0 Å². The lowest BCUT2D eigenvalue weighted by atomic mass is 10.0. The smallest absolute Gasteiger partial charge is 0.306 e. The van der Waals surface area contributed by atoms with Gasteiger partial charge in [-0.3, -0.25) is 14.4 Å². The Morgan fingerprint density at radius 3 is 0.895 bits per heavy atom. The van der Waals surface area contributed by atoms with E-state index in [0.29, 0.717) is 19.3 Å². The molecule has 6 heteroatoms. The maximum absolute atomic E-state index is 12.9. The van der Waals surface area contributed by atoms with Gasteiger partial charge >= 0.3 is 17.9 Å². The number of allylic oxidation sites excluding steroid dienone is 12. The first-order chi connectivity index (χ1) is 37.5. The lowest BCUT2D eigenvalue weighted by molar-refractivity contribution is -0.166. The summed E-state index contributed by atoms with van der Waals surface area (Å²) in [5.74, 6) is -0.976. The van der Waals surface area contributed by atoms with Crippen LogP contribution in [0.5, 0.6) is 0 Å². The van der Waals surface area contributed by atoms with E-state index in [1.165, 1.54) is 212 Å². The highest BCUT2D eigenvalue weighted by atomic mass is 16.6. The van der Waals surface area contributed by atoms with Crippen molar-refractivity contribution in [3.05, 3.63) is 72.9 Å². The Hall–Kier alpha value is -3.15. The second-order valence-corrected chi connectivity index (χ2v) is 22.0. The van der Waals surface area contributed by atoms with Gasteiger partial charge in [0.1, 0.15) is 13.2 Å². The number of carbonyl (C=O) groups excluding carboxylic acids is 3. The summed E-state index contributed by atoms with van der Waals surface area (Å²) in [4.78, 5) is 38.2. The Bertz CT molecular complexity index is 1400. The number of carbonyl (C=O) groups is 3. The van der Waals surface area contributed by atoms with Gasteiger partial charge in [-0.1, -0.05) is 312 Å². The predicted molar refractivity (Wildman–Crippen MR) is 330 cm³/mol. The minimum Gasteiger partial charge on any atom is -0.462 e. The zero-order valence-corrected chi connectivity index (χ0v) is 50.5. The fourth-order valence-corrected chi connectivity index (χ4v) is 9.55. The summed E-state index contributed by atoms with van der Waals surface area (Å²) < 4.78 is 16.8. The molecule has 0 aliphatic heterocycles. The Morgan fingerprint density at radius 1 is 0.276 bits per heavy atom. The summed E-state index contributed by atoms with van der Waals surface area (Å²) in [5.41, 5.74) is 0. The van der Waals surface area contributed by atoms with Crippen molar-refractivity contribution in [2.45, 2.75) is 341 Å². The summed E-state index contributed by atoms with van der Waals surface area (Å²) in [6.45, 7) is 6.48. The monoisotopic (exact) mass is 1060 g/mol. The fourth-order valence-electron chi connectivity index (χ4n) is 9.55. The first-order valence-corrected chi connectivity index (χ1v) is 32.9. The highest BCUT2D eigenvalue weighted by molar-refractivity contribution is 5.71. The van der Waals surface area contributed by atoms with E-state index in [1.807, 2.05) is 6.08 Å². The summed E-state index contributed by atoms with van der Waals surface area (Å²) in [7, 11) is 0. The van der Waals surface area contributed by atoms with Crippen molar-refractivity contribution in [3.63, 3.8) is 0 Å². The van der Waals surface area contributed by atoms with E-state index < -0.39 is 6.10 Å². The van der Waals surface area contributed by atoms with Crippen molar-refractivity contribution in [2.75, 3.05) is 13.2 Å². The molecule has 0 saturated heterocycles. The summed E-state index contributed by atoms with van der Waals surface area (Å²) in [5, 5.41) is 0. The zero-order chi connectivity index (χ0) is 55.0. The predicted octanol–water partition coefficient (Wildman–Crippen LogP) is 22.5. The van der Waals surface area contributed by atoms with Crippen LogP contribution < -0.4 is 0 Å². The molecule has 76 heavy (non-hydrogen) atoms. The van der Waals surface area contributed by atoms with Crippen LogP contribution in [0.2, 0.25) is 0 Å². The standard InChI is InChI=1S/C70H124O6/c1-4-7-10-13-16-19-22-25-27-29-31-32-33-34-35-36-37-38-39-41-42-45-48-51-54-57-60-63-69(72)75-66-67(65-74-68(71)62-59-56-53-50-47-44-24-21-18-15-12-9-6-3)76-70(73)64-61-58-55-52-49-46-43-40-30-28-26-23-20-17-14-11-8-5-2/h9,12,18,20-21,23,28,30,44,47,53,56,67H,4-8,10-11,13-17,19,22,24-27,29,31-43,45-46,48-52,54-55,57-66H2,1-3H3/b12-9-,21-18-,23-20-,30-28-,47-44-,56-53-. The Morgan fingerprint density at radius 2 is 0.539 bits per heavy atom. The van der Waals surface area contributed by atoms with E-state index in [2.05, 4.69) is 87.6 Å². The van der Waals surface area contributed by atoms with Crippen molar-refractivity contribution >= 4 is 17.9 Å². The molecule has 440 valence electrons. The molecule has 0 bridgehead atoms. The highest BCUT2D eigenvalue weighted by Gasteiger charge is 2.19. The van der Waals surface area contributed by atoms with Crippen molar-refractivity contribution in [1.29, 1.82) is 0 Å². The van der Waals surface area contributed by atoms with Crippen LogP contribution in [-0.4, -0.2) is 37.2 Å². The summed E-state index contributed by atoms with van der Waals surface area (Å²) >= 11 is 0. The van der Waals surface area contributed by atoms with Crippen LogP contribution >= 0.6 is 0 Å². The highest BCUT2D eigenvalue weighted by Crippen LogP contribution is 2.18.